The molecule has 92 valence electrons. The van der Waals surface area contributed by atoms with Gasteiger partial charge in [-0.15, -0.1) is 0 Å². The standard InChI is InChI=1S/C10H18N2O4/c1-4-6-8(13)7(5-2)9(14)11-12(3)10(15)16/h4-6,9-11,13-16H,2H2,1,3H3/b6-4-,8-7-. The molecule has 0 rings (SSSR count). The van der Waals surface area contributed by atoms with Gasteiger partial charge in [-0.1, -0.05) is 18.7 Å². The lowest BCUT2D eigenvalue weighted by Crippen LogP contribution is -2.48. The van der Waals surface area contributed by atoms with Crippen LogP contribution in [0.5, 0.6) is 0 Å². The van der Waals surface area contributed by atoms with Crippen LogP contribution in [0.25, 0.3) is 0 Å². The number of hydrogen-bond donors (Lipinski definition) is 5. The first-order chi connectivity index (χ1) is 7.43. The minimum atomic E-state index is -1.76. The molecular formula is C10H18N2O4. The highest BCUT2D eigenvalue weighted by molar-refractivity contribution is 5.29. The van der Waals surface area contributed by atoms with Crippen molar-refractivity contribution in [1.82, 2.24) is 10.4 Å². The van der Waals surface area contributed by atoms with Gasteiger partial charge in [0.2, 0.25) is 6.41 Å². The molecule has 0 bridgehead atoms. The molecule has 6 nitrogen and oxygen atoms in total. The summed E-state index contributed by atoms with van der Waals surface area (Å²) in [5.74, 6) is -0.154. The molecule has 0 spiro atoms. The summed E-state index contributed by atoms with van der Waals surface area (Å²) in [6, 6.07) is 0. The van der Waals surface area contributed by atoms with Gasteiger partial charge in [-0.2, -0.15) is 5.01 Å². The second-order valence-electron chi connectivity index (χ2n) is 3.03. The van der Waals surface area contributed by atoms with Gasteiger partial charge in [-0.05, 0) is 13.0 Å². The first-order valence-electron chi connectivity index (χ1n) is 4.65. The molecule has 0 aromatic rings. The van der Waals surface area contributed by atoms with Crippen molar-refractivity contribution in [2.24, 2.45) is 0 Å². The molecule has 0 aliphatic rings. The lowest BCUT2D eigenvalue weighted by molar-refractivity contribution is -0.177. The maximum atomic E-state index is 9.63. The van der Waals surface area contributed by atoms with Crippen LogP contribution in [0.15, 0.2) is 36.1 Å². The fourth-order valence-electron chi connectivity index (χ4n) is 0.939. The van der Waals surface area contributed by atoms with Crippen LogP contribution in [0.2, 0.25) is 0 Å². The largest absolute Gasteiger partial charge is 0.508 e. The molecule has 16 heavy (non-hydrogen) atoms. The predicted octanol–water partition coefficient (Wildman–Crippen LogP) is -0.416. The predicted molar refractivity (Wildman–Crippen MR) is 59.8 cm³/mol. The number of allylic oxidation sites excluding steroid dienone is 2. The third-order valence-electron chi connectivity index (χ3n) is 1.81. The van der Waals surface area contributed by atoms with E-state index in [0.717, 1.165) is 5.01 Å². The summed E-state index contributed by atoms with van der Waals surface area (Å²) in [5, 5.41) is 37.5. The van der Waals surface area contributed by atoms with Crippen molar-refractivity contribution in [3.8, 4) is 0 Å². The van der Waals surface area contributed by atoms with Crippen LogP contribution in [-0.4, -0.2) is 45.1 Å². The Morgan fingerprint density at radius 3 is 2.31 bits per heavy atom. The average Bonchev–Trinajstić information content (AvgIpc) is 2.18. The molecule has 0 heterocycles. The molecule has 0 saturated carbocycles. The zero-order valence-corrected chi connectivity index (χ0v) is 9.33. The molecule has 0 saturated heterocycles. The monoisotopic (exact) mass is 230 g/mol. The van der Waals surface area contributed by atoms with Gasteiger partial charge < -0.3 is 20.4 Å². The van der Waals surface area contributed by atoms with E-state index in [0.29, 0.717) is 0 Å². The Morgan fingerprint density at radius 2 is 1.94 bits per heavy atom. The molecule has 1 unspecified atom stereocenters. The van der Waals surface area contributed by atoms with E-state index < -0.39 is 12.6 Å². The van der Waals surface area contributed by atoms with Gasteiger partial charge in [0, 0.05) is 12.6 Å². The number of hydrazine groups is 1. The van der Waals surface area contributed by atoms with Crippen molar-refractivity contribution in [3.63, 3.8) is 0 Å². The summed E-state index contributed by atoms with van der Waals surface area (Å²) in [5.41, 5.74) is 2.47. The molecular weight excluding hydrogens is 212 g/mol. The first-order valence-corrected chi connectivity index (χ1v) is 4.65. The van der Waals surface area contributed by atoms with Crippen molar-refractivity contribution >= 4 is 0 Å². The molecule has 6 heteroatoms. The summed E-state index contributed by atoms with van der Waals surface area (Å²) in [6.07, 6.45) is 1.20. The van der Waals surface area contributed by atoms with Crippen LogP contribution in [0.4, 0.5) is 0 Å². The van der Waals surface area contributed by atoms with Crippen LogP contribution < -0.4 is 5.43 Å². The SMILES string of the molecule is C=C/C(=C(O)\C=C/C)C(O)NN(C)C(O)O. The number of hydrogen-bond acceptors (Lipinski definition) is 6. The molecule has 0 radical (unpaired) electrons. The highest BCUT2D eigenvalue weighted by Crippen LogP contribution is 2.08. The molecule has 0 aromatic carbocycles. The average molecular weight is 230 g/mol. The van der Waals surface area contributed by atoms with Crippen molar-refractivity contribution < 1.29 is 20.4 Å². The Labute approximate surface area is 94.4 Å². The minimum Gasteiger partial charge on any atom is -0.508 e. The maximum absolute atomic E-state index is 9.63. The van der Waals surface area contributed by atoms with E-state index in [4.69, 9.17) is 10.2 Å². The Balaban J connectivity index is 4.73. The van der Waals surface area contributed by atoms with Gasteiger partial charge >= 0.3 is 0 Å². The topological polar surface area (TPSA) is 96.2 Å². The fourth-order valence-corrected chi connectivity index (χ4v) is 0.939. The van der Waals surface area contributed by atoms with E-state index >= 15 is 0 Å². The van der Waals surface area contributed by atoms with E-state index in [-0.39, 0.29) is 11.3 Å². The summed E-state index contributed by atoms with van der Waals surface area (Å²) in [7, 11) is 1.32. The number of aliphatic hydroxyl groups excluding tert-OH is 3. The minimum absolute atomic E-state index is 0.130. The van der Waals surface area contributed by atoms with Gasteiger partial charge in [-0.25, -0.2) is 5.43 Å². The van der Waals surface area contributed by atoms with Gasteiger partial charge in [0.05, 0.1) is 0 Å². The molecule has 0 fully saturated rings. The van der Waals surface area contributed by atoms with Crippen LogP contribution >= 0.6 is 0 Å². The Hall–Kier alpha value is -1.18. The van der Waals surface area contributed by atoms with Crippen molar-refractivity contribution in [1.29, 1.82) is 0 Å². The van der Waals surface area contributed by atoms with E-state index in [9.17, 15) is 10.2 Å². The van der Waals surface area contributed by atoms with Gasteiger partial charge in [0.25, 0.3) is 0 Å². The second-order valence-corrected chi connectivity index (χ2v) is 3.03. The summed E-state index contributed by atoms with van der Waals surface area (Å²) in [6.45, 7) is 5.15. The summed E-state index contributed by atoms with van der Waals surface area (Å²) >= 11 is 0. The van der Waals surface area contributed by atoms with Crippen LogP contribution in [-0.2, 0) is 0 Å². The highest BCUT2D eigenvalue weighted by atomic mass is 16.5. The van der Waals surface area contributed by atoms with Crippen LogP contribution in [0.3, 0.4) is 0 Å². The lowest BCUT2D eigenvalue weighted by Gasteiger charge is -2.24. The van der Waals surface area contributed by atoms with Crippen molar-refractivity contribution in [2.45, 2.75) is 19.6 Å². The van der Waals surface area contributed by atoms with Gasteiger partial charge in [0.15, 0.2) is 0 Å². The number of nitrogens with zero attached hydrogens (tertiary/aromatic N) is 1. The van der Waals surface area contributed by atoms with Crippen LogP contribution in [0, 0.1) is 0 Å². The van der Waals surface area contributed by atoms with Gasteiger partial charge in [0.1, 0.15) is 12.0 Å². The second kappa shape index (κ2) is 7.15. The normalized spacial score (nSPS) is 15.7. The van der Waals surface area contributed by atoms with E-state index in [1.807, 2.05) is 0 Å². The van der Waals surface area contributed by atoms with Gasteiger partial charge in [-0.3, -0.25) is 0 Å². The third kappa shape index (κ3) is 4.56. The van der Waals surface area contributed by atoms with Crippen molar-refractivity contribution in [2.75, 3.05) is 7.05 Å². The zero-order chi connectivity index (χ0) is 12.7. The van der Waals surface area contributed by atoms with E-state index in [1.54, 1.807) is 13.0 Å². The smallest absolute Gasteiger partial charge is 0.226 e. The molecule has 0 aliphatic carbocycles. The molecule has 0 aromatic heterocycles. The number of nitrogens with one attached hydrogen (secondary N) is 1. The molecule has 1 atom stereocenters. The lowest BCUT2D eigenvalue weighted by atomic mass is 10.2. The highest BCUT2D eigenvalue weighted by Gasteiger charge is 2.16. The number of aliphatic hydroxyl groups is 4. The maximum Gasteiger partial charge on any atom is 0.226 e. The number of rotatable bonds is 6. The zero-order valence-electron chi connectivity index (χ0n) is 9.33. The fraction of sp³-hybridized carbons (Fsp3) is 0.400. The van der Waals surface area contributed by atoms with E-state index in [2.05, 4.69) is 12.0 Å². The van der Waals surface area contributed by atoms with Crippen molar-refractivity contribution in [3.05, 3.63) is 36.1 Å². The Morgan fingerprint density at radius 1 is 1.38 bits per heavy atom. The molecule has 0 amide bonds. The third-order valence-corrected chi connectivity index (χ3v) is 1.81. The first kappa shape index (κ1) is 14.8. The van der Waals surface area contributed by atoms with E-state index in [1.165, 1.54) is 19.2 Å². The molecule has 5 N–H and O–H groups in total. The summed E-state index contributed by atoms with van der Waals surface area (Å²) in [4.78, 5) is 0. The summed E-state index contributed by atoms with van der Waals surface area (Å²) < 4.78 is 0. The molecule has 0 aliphatic heterocycles. The van der Waals surface area contributed by atoms with Crippen LogP contribution in [0.1, 0.15) is 6.92 Å². The Bertz CT molecular complexity index is 287. The Kier molecular flexibility index (Phi) is 6.63. The quantitative estimate of drug-likeness (QED) is 0.184.